The van der Waals surface area contributed by atoms with E-state index in [0.717, 1.165) is 73.2 Å². The Morgan fingerprint density at radius 1 is 0.284 bits per heavy atom. The molecule has 20 nitrogen and oxygen atoms in total. The molecule has 18 aromatic rings. The number of pyridine rings is 8. The van der Waals surface area contributed by atoms with Crippen molar-refractivity contribution in [3.05, 3.63) is 260 Å². The van der Waals surface area contributed by atoms with E-state index in [4.69, 9.17) is 30.5 Å². The first-order valence-electron chi connectivity index (χ1n) is 46.2. The first-order valence-corrected chi connectivity index (χ1v) is 38.7. The fourth-order valence-corrected chi connectivity index (χ4v) is 17.3. The first kappa shape index (κ1) is 61.6. The molecule has 116 heavy (non-hydrogen) atoms. The number of rotatable bonds is 8. The highest BCUT2D eigenvalue weighted by Gasteiger charge is 2.36. The third kappa shape index (κ3) is 13.1. The minimum Gasteiger partial charge on any atom is -0.308 e. The second-order valence-electron chi connectivity index (χ2n) is 31.3. The normalized spacial score (nSPS) is 14.1. The van der Waals surface area contributed by atoms with Crippen LogP contribution in [0.1, 0.15) is 110 Å². The van der Waals surface area contributed by atoms with Crippen molar-refractivity contribution >= 4 is 45.2 Å². The van der Waals surface area contributed by atoms with Gasteiger partial charge in [-0.3, -0.25) is 17.6 Å². The third-order valence-corrected chi connectivity index (χ3v) is 23.1. The molecule has 0 unspecified atom stereocenters. The van der Waals surface area contributed by atoms with Crippen molar-refractivity contribution in [1.29, 1.82) is 0 Å². The molecule has 0 fully saturated rings. The molecule has 16 heterocycles. The van der Waals surface area contributed by atoms with E-state index in [1.54, 1.807) is 88.9 Å². The highest BCUT2D eigenvalue weighted by molar-refractivity contribution is 5.83. The quantitative estimate of drug-likeness (QED) is 0.141. The summed E-state index contributed by atoms with van der Waals surface area (Å²) in [4.78, 5) is 18.5. The van der Waals surface area contributed by atoms with Crippen LogP contribution >= 0.6 is 0 Å². The van der Waals surface area contributed by atoms with Gasteiger partial charge in [0.25, 0.3) is 45.6 Å². The summed E-state index contributed by atoms with van der Waals surface area (Å²) < 4.78 is 152. The van der Waals surface area contributed by atoms with Gasteiger partial charge in [-0.25, -0.2) is 19.9 Å². The van der Waals surface area contributed by atoms with Crippen LogP contribution in [0.3, 0.4) is 0 Å². The van der Waals surface area contributed by atoms with Crippen molar-refractivity contribution in [2.45, 2.75) is 110 Å². The molecule has 0 amide bonds. The molecule has 0 N–H and O–H groups in total. The van der Waals surface area contributed by atoms with Crippen molar-refractivity contribution in [2.24, 2.45) is 84.6 Å². The van der Waals surface area contributed by atoms with Crippen LogP contribution in [0.5, 0.6) is 0 Å². The molecular formula is C96H112N20+8. The van der Waals surface area contributed by atoms with Gasteiger partial charge in [0.1, 0.15) is 79.2 Å². The molecule has 0 spiro atoms. The van der Waals surface area contributed by atoms with Crippen molar-refractivity contribution in [3.8, 4) is 91.1 Å². The number of imidazole rings is 8. The molecule has 20 heteroatoms. The van der Waals surface area contributed by atoms with E-state index >= 15 is 0 Å². The Morgan fingerprint density at radius 3 is 1.08 bits per heavy atom. The average Bonchev–Trinajstić information content (AvgIpc) is 1.62. The Bertz CT molecular complexity index is 7690. The van der Waals surface area contributed by atoms with Crippen LogP contribution < -0.4 is 36.5 Å². The molecule has 0 bridgehead atoms. The number of aryl methyl sites for hydroxylation is 24. The van der Waals surface area contributed by atoms with Gasteiger partial charge in [0, 0.05) is 177 Å². The summed E-state index contributed by atoms with van der Waals surface area (Å²) in [6, 6.07) is 40.7. The van der Waals surface area contributed by atoms with Crippen LogP contribution in [0, 0.1) is 110 Å². The predicted octanol–water partition coefficient (Wildman–Crippen LogP) is 13.9. The number of nitrogens with zero attached hydrogens (tertiary/aromatic N) is 20. The molecule has 0 radical (unpaired) electrons. The topological polar surface area (TPSA) is 120 Å². The van der Waals surface area contributed by atoms with Crippen LogP contribution in [-0.2, 0) is 84.6 Å². The predicted molar refractivity (Wildman–Crippen MR) is 460 cm³/mol. The molecule has 588 valence electrons. The summed E-state index contributed by atoms with van der Waals surface area (Å²) in [6.45, 7) is 9.95. The smallest absolute Gasteiger partial charge is 0.280 e. The van der Waals surface area contributed by atoms with Gasteiger partial charge in [-0.05, 0) is 182 Å². The molecule has 16 aromatic heterocycles. The fraction of sp³-hybridized carbons (Fsp3) is 0.292. The van der Waals surface area contributed by atoms with Gasteiger partial charge in [-0.15, -0.1) is 0 Å². The summed E-state index contributed by atoms with van der Waals surface area (Å²) in [7, 11) is 23.6. The second kappa shape index (κ2) is 29.8. The Kier molecular flexibility index (Phi) is 15.9. The van der Waals surface area contributed by atoms with E-state index in [0.29, 0.717) is 62.5 Å². The number of aromatic nitrogens is 20. The van der Waals surface area contributed by atoms with Crippen molar-refractivity contribution in [2.75, 3.05) is 0 Å². The zero-order valence-electron chi connectivity index (χ0n) is 85.6. The highest BCUT2D eigenvalue weighted by atomic mass is 15.2. The van der Waals surface area contributed by atoms with E-state index in [2.05, 4.69) is 227 Å². The summed E-state index contributed by atoms with van der Waals surface area (Å²) in [5, 5.41) is 0. The Balaban J connectivity index is 0.000000134. The fourth-order valence-electron chi connectivity index (χ4n) is 17.3. The summed E-state index contributed by atoms with van der Waals surface area (Å²) in [5.41, 5.74) is 30.1. The number of fused-ring (bicyclic) bond motifs is 8. The third-order valence-electron chi connectivity index (χ3n) is 23.1. The van der Waals surface area contributed by atoms with Crippen molar-refractivity contribution in [1.82, 2.24) is 55.8 Å². The Labute approximate surface area is 701 Å². The number of benzene rings is 2. The molecule has 0 atom stereocenters. The SMILES string of the molecule is Cc1cc(C)c(-c2cccc[n+]2C)[n+](C)c1-c1cn2c3ccccc3nc2n1C.Cc1cc[n+](C)c(-c2c(C)cc(C)c(-c3cn4c5ccccc5nc4n3C)[n+]2C)c1.[2H]C([2H])([2H])c1cc(-c2c(C([2H])([2H])[2H])cc(C)c(-c3cn4c(C)c(C([2H])([2H])[2H])nc4n3C)[n+]2C)[n+](C)cc1C.[2H]C([2H])([2H])c1cc(C)c(-c2cn3c(C)c(C([2H])([2H])[2H])nc3n2C)[n+](C)c1-c1ccc(C)c[n+]1C. The Hall–Kier alpha value is -12.8. The Morgan fingerprint density at radius 2 is 0.647 bits per heavy atom. The monoisotopic (exact) mass is 1560 g/mol. The van der Waals surface area contributed by atoms with Gasteiger partial charge < -0.3 is 18.3 Å². The van der Waals surface area contributed by atoms with E-state index in [1.165, 1.54) is 68.0 Å². The summed E-state index contributed by atoms with van der Waals surface area (Å²) in [6.07, 6.45) is 16.0. The molecule has 18 rings (SSSR count). The zero-order chi connectivity index (χ0) is 95.5. The molecule has 0 aliphatic carbocycles. The maximum Gasteiger partial charge on any atom is 0.280 e. The molecular weight excluding hydrogens is 1430 g/mol. The zero-order valence-corrected chi connectivity index (χ0v) is 70.6. The van der Waals surface area contributed by atoms with Crippen LogP contribution in [0.15, 0.2) is 171 Å². The van der Waals surface area contributed by atoms with Crippen LogP contribution in [-0.4, -0.2) is 55.8 Å². The van der Waals surface area contributed by atoms with Gasteiger partial charge in [-0.2, -0.15) is 36.5 Å². The standard InChI is InChI=1S/C25H27N5.C24H25N5.C24H31N5.C23H29N5/c1-16-11-12-27(4)21(13-16)23-17(2)14-18(3)24(29(23)6)22-15-30-20-10-8-7-9-19(20)26-25(30)28(22)5;1-16-14-17(2)23(28(5)22(16)20-12-8-9-13-26(20)3)21-15-29-19-11-7-6-10-18(19)25-24(29)27(21)4;1-14-11-20(26(7)12-17(14)4)22-15(2)10-16(3)23(28(22)9)21-13-29-19(6)18(5)25-24(29)27(21)8;1-14-9-10-19(25(6)12-14)21-15(2)11-16(3)22(27(21)8)20-13-28-18(5)17(4)24-23(28)26(20)7/h7-15H,1-6H3;6-15H,1-5H3;10-13H,1-9H3;9-13H,1-8H3/q4*+2/i;;1D3,2D3,5D3;2D3,4D3. The summed E-state index contributed by atoms with van der Waals surface area (Å²) >= 11 is 0. The van der Waals surface area contributed by atoms with Gasteiger partial charge in [0.15, 0.2) is 24.8 Å². The molecule has 0 saturated heterocycles. The lowest BCUT2D eigenvalue weighted by Crippen LogP contribution is -2.41. The molecule has 0 aliphatic heterocycles. The molecule has 0 aliphatic rings. The lowest BCUT2D eigenvalue weighted by Gasteiger charge is -2.11. The molecule has 2 aromatic carbocycles. The van der Waals surface area contributed by atoms with E-state index in [1.807, 2.05) is 92.3 Å². The van der Waals surface area contributed by atoms with Crippen LogP contribution in [0.4, 0.5) is 0 Å². The molecule has 0 saturated carbocycles. The largest absolute Gasteiger partial charge is 0.308 e. The van der Waals surface area contributed by atoms with Crippen molar-refractivity contribution in [3.63, 3.8) is 0 Å². The van der Waals surface area contributed by atoms with Gasteiger partial charge in [0.05, 0.1) is 33.5 Å². The van der Waals surface area contributed by atoms with E-state index < -0.39 is 34.3 Å². The lowest BCUT2D eigenvalue weighted by molar-refractivity contribution is -0.686. The minimum atomic E-state index is -2.47. The van der Waals surface area contributed by atoms with Gasteiger partial charge in [-0.1, -0.05) is 24.3 Å². The van der Waals surface area contributed by atoms with E-state index in [-0.39, 0.29) is 28.1 Å². The lowest BCUT2D eigenvalue weighted by atomic mass is 10.0. The van der Waals surface area contributed by atoms with Crippen molar-refractivity contribution < 1.29 is 57.1 Å². The maximum absolute atomic E-state index is 8.26. The number of para-hydroxylation sites is 4. The number of hydrogen-bond acceptors (Lipinski definition) is 4. The van der Waals surface area contributed by atoms with Gasteiger partial charge >= 0.3 is 0 Å². The van der Waals surface area contributed by atoms with Crippen LogP contribution in [0.2, 0.25) is 0 Å². The van der Waals surface area contributed by atoms with Gasteiger partial charge in [0.2, 0.25) is 45.9 Å². The first-order chi connectivity index (χ1) is 61.2. The second-order valence-corrected chi connectivity index (χ2v) is 31.3. The number of hydrogen-bond donors (Lipinski definition) is 0. The highest BCUT2D eigenvalue weighted by Crippen LogP contribution is 2.35. The average molecular weight is 1560 g/mol. The summed E-state index contributed by atoms with van der Waals surface area (Å²) in [5.74, 6) is 2.86. The maximum atomic E-state index is 8.26. The minimum absolute atomic E-state index is 0.0260. The van der Waals surface area contributed by atoms with E-state index in [9.17, 15) is 0 Å². The van der Waals surface area contributed by atoms with Crippen LogP contribution in [0.25, 0.3) is 136 Å².